The number of fused-ring (bicyclic) bond motifs is 1. The van der Waals surface area contributed by atoms with Crippen LogP contribution < -0.4 is 0 Å². The molecule has 0 unspecified atom stereocenters. The second-order valence-corrected chi connectivity index (χ2v) is 5.97. The number of nitrogens with one attached hydrogen (secondary N) is 1. The van der Waals surface area contributed by atoms with E-state index in [1.807, 2.05) is 30.3 Å². The maximum Gasteiger partial charge on any atom is 0.303 e. The Morgan fingerprint density at radius 1 is 1.09 bits per heavy atom. The first-order chi connectivity index (χ1) is 10.5. The third-order valence-corrected chi connectivity index (χ3v) is 4.10. The zero-order valence-corrected chi connectivity index (χ0v) is 13.1. The van der Waals surface area contributed by atoms with Gasteiger partial charge in [-0.15, -0.1) is 0 Å². The number of rotatable bonds is 4. The van der Waals surface area contributed by atoms with Crippen molar-refractivity contribution in [3.05, 3.63) is 58.1 Å². The first-order valence-electron chi connectivity index (χ1n) is 6.82. The highest BCUT2D eigenvalue weighted by Gasteiger charge is 2.09. The number of halogens is 2. The fraction of sp³-hybridized carbons (Fsp3) is 0.118. The van der Waals surface area contributed by atoms with Gasteiger partial charge in [0.15, 0.2) is 0 Å². The van der Waals surface area contributed by atoms with Gasteiger partial charge < -0.3 is 10.1 Å². The van der Waals surface area contributed by atoms with Gasteiger partial charge in [0.25, 0.3) is 0 Å². The van der Waals surface area contributed by atoms with Crippen molar-refractivity contribution in [3.8, 4) is 11.3 Å². The van der Waals surface area contributed by atoms with Crippen LogP contribution in [-0.2, 0) is 11.2 Å². The van der Waals surface area contributed by atoms with Crippen LogP contribution in [0.25, 0.3) is 22.2 Å². The Hall–Kier alpha value is -1.97. The largest absolute Gasteiger partial charge is 0.481 e. The van der Waals surface area contributed by atoms with E-state index in [-0.39, 0.29) is 6.42 Å². The maximum absolute atomic E-state index is 10.7. The van der Waals surface area contributed by atoms with Crippen molar-refractivity contribution in [2.45, 2.75) is 12.8 Å². The van der Waals surface area contributed by atoms with E-state index >= 15 is 0 Å². The molecule has 3 aromatic rings. The van der Waals surface area contributed by atoms with Crippen LogP contribution in [0.2, 0.25) is 10.0 Å². The average Bonchev–Trinajstić information content (AvgIpc) is 2.90. The molecule has 3 rings (SSSR count). The molecular formula is C17H13Cl2NO2. The number of aliphatic carboxylic acids is 1. The number of aryl methyl sites for hydroxylation is 1. The molecule has 2 aromatic carbocycles. The number of hydrogen-bond acceptors (Lipinski definition) is 1. The van der Waals surface area contributed by atoms with E-state index in [1.54, 1.807) is 12.1 Å². The van der Waals surface area contributed by atoms with Gasteiger partial charge in [-0.25, -0.2) is 0 Å². The highest BCUT2D eigenvalue weighted by atomic mass is 35.5. The van der Waals surface area contributed by atoms with Crippen molar-refractivity contribution in [1.82, 2.24) is 4.98 Å². The monoisotopic (exact) mass is 333 g/mol. The molecular weight excluding hydrogens is 321 g/mol. The van der Waals surface area contributed by atoms with Crippen LogP contribution in [0.15, 0.2) is 42.5 Å². The predicted molar refractivity (Wildman–Crippen MR) is 89.7 cm³/mol. The summed E-state index contributed by atoms with van der Waals surface area (Å²) >= 11 is 12.3. The molecule has 5 heteroatoms. The number of aromatic amines is 1. The summed E-state index contributed by atoms with van der Waals surface area (Å²) in [6.45, 7) is 0. The summed E-state index contributed by atoms with van der Waals surface area (Å²) in [6.07, 6.45) is 0.645. The van der Waals surface area contributed by atoms with E-state index < -0.39 is 5.97 Å². The first-order valence-corrected chi connectivity index (χ1v) is 7.57. The SMILES string of the molecule is O=C(O)CCc1ccc2[nH]c(-c3cc(Cl)ccc3Cl)cc2c1. The minimum Gasteiger partial charge on any atom is -0.481 e. The smallest absolute Gasteiger partial charge is 0.303 e. The molecule has 1 aromatic heterocycles. The fourth-order valence-corrected chi connectivity index (χ4v) is 2.83. The van der Waals surface area contributed by atoms with Gasteiger partial charge >= 0.3 is 5.97 Å². The van der Waals surface area contributed by atoms with Crippen LogP contribution in [0, 0.1) is 0 Å². The summed E-state index contributed by atoms with van der Waals surface area (Å²) in [6, 6.07) is 13.2. The highest BCUT2D eigenvalue weighted by Crippen LogP contribution is 2.32. The van der Waals surface area contributed by atoms with E-state index in [2.05, 4.69) is 4.98 Å². The molecule has 0 fully saturated rings. The Bertz CT molecular complexity index is 855. The fourth-order valence-electron chi connectivity index (χ4n) is 2.44. The summed E-state index contributed by atoms with van der Waals surface area (Å²) in [5.41, 5.74) is 3.71. The van der Waals surface area contributed by atoms with Gasteiger partial charge in [-0.3, -0.25) is 4.79 Å². The van der Waals surface area contributed by atoms with Crippen LogP contribution in [0.3, 0.4) is 0 Å². The molecule has 0 aliphatic heterocycles. The Kier molecular flexibility index (Phi) is 4.10. The minimum absolute atomic E-state index is 0.128. The van der Waals surface area contributed by atoms with Crippen LogP contribution in [0.5, 0.6) is 0 Å². The minimum atomic E-state index is -0.791. The third-order valence-electron chi connectivity index (χ3n) is 3.53. The van der Waals surface area contributed by atoms with Crippen molar-refractivity contribution in [2.24, 2.45) is 0 Å². The molecule has 0 aliphatic carbocycles. The number of carboxylic acids is 1. The van der Waals surface area contributed by atoms with Gasteiger partial charge in [0, 0.05) is 38.6 Å². The first kappa shape index (κ1) is 14.9. The second-order valence-electron chi connectivity index (χ2n) is 5.12. The molecule has 0 spiro atoms. The Labute approximate surface area is 137 Å². The molecule has 0 amide bonds. The molecule has 22 heavy (non-hydrogen) atoms. The zero-order chi connectivity index (χ0) is 15.7. The van der Waals surface area contributed by atoms with Crippen molar-refractivity contribution in [2.75, 3.05) is 0 Å². The summed E-state index contributed by atoms with van der Waals surface area (Å²) in [4.78, 5) is 14.0. The lowest BCUT2D eigenvalue weighted by Crippen LogP contribution is -1.96. The molecule has 112 valence electrons. The standard InChI is InChI=1S/C17H13Cl2NO2/c18-12-3-4-14(19)13(9-12)16-8-11-7-10(2-6-17(21)22)1-5-15(11)20-16/h1,3-5,7-9,20H,2,6H2,(H,21,22). The number of aromatic nitrogens is 1. The van der Waals surface area contributed by atoms with E-state index in [0.717, 1.165) is 27.7 Å². The molecule has 0 saturated heterocycles. The Morgan fingerprint density at radius 3 is 2.68 bits per heavy atom. The van der Waals surface area contributed by atoms with Crippen LogP contribution in [-0.4, -0.2) is 16.1 Å². The quantitative estimate of drug-likeness (QED) is 0.692. The van der Waals surface area contributed by atoms with Gasteiger partial charge in [-0.05, 0) is 48.4 Å². The van der Waals surface area contributed by atoms with E-state index in [4.69, 9.17) is 28.3 Å². The van der Waals surface area contributed by atoms with Crippen molar-refractivity contribution in [1.29, 1.82) is 0 Å². The Balaban J connectivity index is 1.99. The second kappa shape index (κ2) is 6.03. The lowest BCUT2D eigenvalue weighted by atomic mass is 10.1. The normalized spacial score (nSPS) is 11.0. The molecule has 0 radical (unpaired) electrons. The number of H-pyrrole nitrogens is 1. The van der Waals surface area contributed by atoms with Crippen LogP contribution in [0.1, 0.15) is 12.0 Å². The average molecular weight is 334 g/mol. The molecule has 0 aliphatic rings. The third kappa shape index (κ3) is 3.11. The molecule has 2 N–H and O–H groups in total. The molecule has 0 atom stereocenters. The number of carbonyl (C=O) groups is 1. The topological polar surface area (TPSA) is 53.1 Å². The van der Waals surface area contributed by atoms with Crippen molar-refractivity contribution >= 4 is 40.1 Å². The van der Waals surface area contributed by atoms with Crippen LogP contribution >= 0.6 is 23.2 Å². The zero-order valence-electron chi connectivity index (χ0n) is 11.6. The number of carboxylic acid groups (broad SMARTS) is 1. The summed E-state index contributed by atoms with van der Waals surface area (Å²) < 4.78 is 0. The summed E-state index contributed by atoms with van der Waals surface area (Å²) in [5.74, 6) is -0.791. The van der Waals surface area contributed by atoms with Crippen molar-refractivity contribution in [3.63, 3.8) is 0 Å². The molecule has 1 heterocycles. The summed E-state index contributed by atoms with van der Waals surface area (Å²) in [7, 11) is 0. The van der Waals surface area contributed by atoms with Crippen LogP contribution in [0.4, 0.5) is 0 Å². The highest BCUT2D eigenvalue weighted by molar-refractivity contribution is 6.35. The van der Waals surface area contributed by atoms with Gasteiger partial charge in [-0.1, -0.05) is 29.3 Å². The van der Waals surface area contributed by atoms with E-state index in [0.29, 0.717) is 16.5 Å². The Morgan fingerprint density at radius 2 is 1.91 bits per heavy atom. The lowest BCUT2D eigenvalue weighted by molar-refractivity contribution is -0.136. The number of benzene rings is 2. The predicted octanol–water partition coefficient (Wildman–Crippen LogP) is 5.16. The van der Waals surface area contributed by atoms with Gasteiger partial charge in [-0.2, -0.15) is 0 Å². The van der Waals surface area contributed by atoms with Gasteiger partial charge in [0.05, 0.1) is 0 Å². The maximum atomic E-state index is 10.7. The van der Waals surface area contributed by atoms with E-state index in [9.17, 15) is 4.79 Å². The summed E-state index contributed by atoms with van der Waals surface area (Å²) in [5, 5.41) is 11.0. The molecule has 3 nitrogen and oxygen atoms in total. The van der Waals surface area contributed by atoms with Gasteiger partial charge in [0.2, 0.25) is 0 Å². The van der Waals surface area contributed by atoms with Crippen molar-refractivity contribution < 1.29 is 9.90 Å². The number of hydrogen-bond donors (Lipinski definition) is 2. The van der Waals surface area contributed by atoms with Gasteiger partial charge in [0.1, 0.15) is 0 Å². The molecule has 0 saturated carbocycles. The molecule has 0 bridgehead atoms. The lowest BCUT2D eigenvalue weighted by Gasteiger charge is -2.01. The van der Waals surface area contributed by atoms with E-state index in [1.165, 1.54) is 0 Å².